The van der Waals surface area contributed by atoms with Crippen molar-refractivity contribution in [2.75, 3.05) is 19.6 Å². The summed E-state index contributed by atoms with van der Waals surface area (Å²) in [6.07, 6.45) is 1.15. The van der Waals surface area contributed by atoms with Crippen molar-refractivity contribution in [3.8, 4) is 5.75 Å². The van der Waals surface area contributed by atoms with Crippen LogP contribution in [0.4, 0.5) is 0 Å². The Morgan fingerprint density at radius 3 is 2.41 bits per heavy atom. The lowest BCUT2D eigenvalue weighted by molar-refractivity contribution is 0.163. The van der Waals surface area contributed by atoms with Crippen molar-refractivity contribution < 1.29 is 4.74 Å². The Hall–Kier alpha value is -1.45. The lowest BCUT2D eigenvalue weighted by atomic mass is 10.1. The molecule has 1 unspecified atom stereocenters. The summed E-state index contributed by atoms with van der Waals surface area (Å²) in [7, 11) is 0. The highest BCUT2D eigenvalue weighted by atomic mass is 32.2. The molecule has 1 aliphatic heterocycles. The van der Waals surface area contributed by atoms with Gasteiger partial charge in [-0.3, -0.25) is 0 Å². The van der Waals surface area contributed by atoms with Gasteiger partial charge in [0, 0.05) is 23.4 Å². The molecule has 0 radical (unpaired) electrons. The lowest BCUT2D eigenvalue weighted by Crippen LogP contribution is -2.26. The second-order valence-electron chi connectivity index (χ2n) is 5.51. The van der Waals surface area contributed by atoms with E-state index in [0.29, 0.717) is 0 Å². The van der Waals surface area contributed by atoms with Crippen molar-refractivity contribution in [3.05, 3.63) is 54.1 Å². The highest BCUT2D eigenvalue weighted by Gasteiger charge is 2.23. The first-order chi connectivity index (χ1) is 10.8. The van der Waals surface area contributed by atoms with Gasteiger partial charge in [-0.15, -0.1) is 0 Å². The zero-order valence-electron chi connectivity index (χ0n) is 13.3. The highest BCUT2D eigenvalue weighted by molar-refractivity contribution is 7.99. The summed E-state index contributed by atoms with van der Waals surface area (Å²) in [5.41, 5.74) is 1.32. The third kappa shape index (κ3) is 3.31. The molecule has 22 heavy (non-hydrogen) atoms. The van der Waals surface area contributed by atoms with Crippen LogP contribution >= 0.6 is 11.8 Å². The van der Waals surface area contributed by atoms with Crippen molar-refractivity contribution >= 4 is 11.8 Å². The maximum Gasteiger partial charge on any atom is 0.134 e. The molecule has 3 rings (SSSR count). The molecule has 1 heterocycles. The SMILES string of the molecule is CCN(CC)CCC1Oc2ccccc2Sc2ccccc21. The number of hydrogen-bond acceptors (Lipinski definition) is 3. The second kappa shape index (κ2) is 7.21. The minimum absolute atomic E-state index is 0.132. The molecule has 1 atom stereocenters. The molecule has 0 bridgehead atoms. The van der Waals surface area contributed by atoms with E-state index in [1.807, 2.05) is 11.8 Å². The van der Waals surface area contributed by atoms with Gasteiger partial charge in [-0.2, -0.15) is 0 Å². The van der Waals surface area contributed by atoms with E-state index in [1.165, 1.54) is 15.4 Å². The molecule has 0 amide bonds. The highest BCUT2D eigenvalue weighted by Crippen LogP contribution is 2.44. The number of nitrogens with zero attached hydrogens (tertiary/aromatic N) is 1. The summed E-state index contributed by atoms with van der Waals surface area (Å²) in [5.74, 6) is 1.01. The Balaban J connectivity index is 1.88. The first kappa shape index (κ1) is 15.4. The van der Waals surface area contributed by atoms with Crippen molar-refractivity contribution in [2.24, 2.45) is 0 Å². The molecule has 2 nitrogen and oxygen atoms in total. The number of fused-ring (bicyclic) bond motifs is 2. The summed E-state index contributed by atoms with van der Waals surface area (Å²) in [6, 6.07) is 17.0. The van der Waals surface area contributed by atoms with Crippen molar-refractivity contribution in [2.45, 2.75) is 36.2 Å². The molecule has 0 saturated carbocycles. The van der Waals surface area contributed by atoms with Gasteiger partial charge in [0.2, 0.25) is 0 Å². The summed E-state index contributed by atoms with van der Waals surface area (Å²) in [6.45, 7) is 7.69. The van der Waals surface area contributed by atoms with Gasteiger partial charge < -0.3 is 9.64 Å². The van der Waals surface area contributed by atoms with Gasteiger partial charge in [0.15, 0.2) is 0 Å². The van der Waals surface area contributed by atoms with Crippen LogP contribution in [0, 0.1) is 0 Å². The fourth-order valence-electron chi connectivity index (χ4n) is 2.86. The Labute approximate surface area is 137 Å². The molecular formula is C19H23NOS. The first-order valence-corrected chi connectivity index (χ1v) is 8.88. The molecule has 0 aliphatic carbocycles. The normalized spacial score (nSPS) is 16.6. The van der Waals surface area contributed by atoms with Gasteiger partial charge >= 0.3 is 0 Å². The van der Waals surface area contributed by atoms with Crippen LogP contribution in [0.2, 0.25) is 0 Å². The monoisotopic (exact) mass is 313 g/mol. The predicted octanol–water partition coefficient (Wildman–Crippen LogP) is 5.00. The fourth-order valence-corrected chi connectivity index (χ4v) is 3.92. The molecule has 0 fully saturated rings. The van der Waals surface area contributed by atoms with E-state index < -0.39 is 0 Å². The second-order valence-corrected chi connectivity index (χ2v) is 6.59. The van der Waals surface area contributed by atoms with Crippen LogP contribution in [0.5, 0.6) is 5.75 Å². The average Bonchev–Trinajstić information content (AvgIpc) is 2.72. The third-order valence-electron chi connectivity index (χ3n) is 4.21. The van der Waals surface area contributed by atoms with E-state index in [-0.39, 0.29) is 6.10 Å². The quantitative estimate of drug-likeness (QED) is 0.770. The zero-order valence-corrected chi connectivity index (χ0v) is 14.1. The Morgan fingerprint density at radius 1 is 0.955 bits per heavy atom. The lowest BCUT2D eigenvalue weighted by Gasteiger charge is -2.23. The summed E-state index contributed by atoms with van der Waals surface area (Å²) >= 11 is 1.81. The summed E-state index contributed by atoms with van der Waals surface area (Å²) in [5, 5.41) is 0. The molecule has 2 aromatic rings. The van der Waals surface area contributed by atoms with E-state index in [0.717, 1.165) is 31.8 Å². The van der Waals surface area contributed by atoms with Crippen LogP contribution in [0.25, 0.3) is 0 Å². The zero-order chi connectivity index (χ0) is 15.4. The van der Waals surface area contributed by atoms with Gasteiger partial charge in [-0.1, -0.05) is 55.9 Å². The molecule has 0 saturated heterocycles. The van der Waals surface area contributed by atoms with E-state index in [4.69, 9.17) is 4.74 Å². The van der Waals surface area contributed by atoms with Gasteiger partial charge in [-0.05, 0) is 31.3 Å². The van der Waals surface area contributed by atoms with Crippen LogP contribution in [0.3, 0.4) is 0 Å². The maximum absolute atomic E-state index is 6.38. The van der Waals surface area contributed by atoms with Crippen molar-refractivity contribution in [3.63, 3.8) is 0 Å². The summed E-state index contributed by atoms with van der Waals surface area (Å²) < 4.78 is 6.38. The van der Waals surface area contributed by atoms with Crippen LogP contribution in [-0.2, 0) is 0 Å². The van der Waals surface area contributed by atoms with Crippen molar-refractivity contribution in [1.82, 2.24) is 4.90 Å². The molecule has 116 valence electrons. The van der Waals surface area contributed by atoms with Gasteiger partial charge in [-0.25, -0.2) is 0 Å². The average molecular weight is 313 g/mol. The Morgan fingerprint density at radius 2 is 1.64 bits per heavy atom. The van der Waals surface area contributed by atoms with Crippen LogP contribution in [0.15, 0.2) is 58.3 Å². The smallest absolute Gasteiger partial charge is 0.134 e. The molecular weight excluding hydrogens is 290 g/mol. The van der Waals surface area contributed by atoms with E-state index in [1.54, 1.807) is 0 Å². The van der Waals surface area contributed by atoms with E-state index in [2.05, 4.69) is 67.3 Å². The van der Waals surface area contributed by atoms with Gasteiger partial charge in [0.05, 0.1) is 4.90 Å². The number of benzene rings is 2. The first-order valence-electron chi connectivity index (χ1n) is 8.06. The van der Waals surface area contributed by atoms with Crippen molar-refractivity contribution in [1.29, 1.82) is 0 Å². The Bertz CT molecular complexity index is 624. The number of rotatable bonds is 5. The topological polar surface area (TPSA) is 12.5 Å². The van der Waals surface area contributed by atoms with E-state index >= 15 is 0 Å². The molecule has 2 aromatic carbocycles. The predicted molar refractivity (Wildman–Crippen MR) is 92.8 cm³/mol. The van der Waals surface area contributed by atoms with Crippen LogP contribution in [0.1, 0.15) is 31.9 Å². The minimum Gasteiger partial charge on any atom is -0.484 e. The minimum atomic E-state index is 0.132. The molecule has 0 spiro atoms. The van der Waals surface area contributed by atoms with Gasteiger partial charge in [0.25, 0.3) is 0 Å². The number of ether oxygens (including phenoxy) is 1. The third-order valence-corrected chi connectivity index (χ3v) is 5.36. The van der Waals surface area contributed by atoms with E-state index in [9.17, 15) is 0 Å². The largest absolute Gasteiger partial charge is 0.484 e. The number of para-hydroxylation sites is 1. The number of hydrogen-bond donors (Lipinski definition) is 0. The fraction of sp³-hybridized carbons (Fsp3) is 0.368. The van der Waals surface area contributed by atoms with Crippen LogP contribution < -0.4 is 4.74 Å². The summed E-state index contributed by atoms with van der Waals surface area (Å²) in [4.78, 5) is 4.98. The molecule has 0 N–H and O–H groups in total. The molecule has 3 heteroatoms. The van der Waals surface area contributed by atoms with Crippen LogP contribution in [-0.4, -0.2) is 24.5 Å². The molecule has 0 aromatic heterocycles. The maximum atomic E-state index is 6.38. The standard InChI is InChI=1S/C19H23NOS/c1-3-20(4-2)14-13-16-15-9-5-7-11-18(15)22-19-12-8-6-10-17(19)21-16/h5-12,16H,3-4,13-14H2,1-2H3. The molecule has 1 aliphatic rings. The Kier molecular flexibility index (Phi) is 5.06. The van der Waals surface area contributed by atoms with Gasteiger partial charge in [0.1, 0.15) is 11.9 Å².